The van der Waals surface area contributed by atoms with Crippen LogP contribution in [0.3, 0.4) is 0 Å². The van der Waals surface area contributed by atoms with Crippen LogP contribution in [0.15, 0.2) is 29.7 Å². The minimum absolute atomic E-state index is 0.0186. The topological polar surface area (TPSA) is 57.6 Å². The summed E-state index contributed by atoms with van der Waals surface area (Å²) in [5.74, 6) is -0.199. The van der Waals surface area contributed by atoms with Crippen LogP contribution in [0.1, 0.15) is 31.7 Å². The Bertz CT molecular complexity index is 587. The van der Waals surface area contributed by atoms with E-state index in [0.717, 1.165) is 30.4 Å². The molecule has 1 aliphatic heterocycles. The lowest BCUT2D eigenvalue weighted by atomic mass is 10.1. The smallest absolute Gasteiger partial charge is 0.246 e. The Morgan fingerprint density at radius 1 is 1.26 bits per heavy atom. The fourth-order valence-corrected chi connectivity index (χ4v) is 3.86. The third-order valence-electron chi connectivity index (χ3n) is 3.39. The van der Waals surface area contributed by atoms with Gasteiger partial charge in [0.25, 0.3) is 0 Å². The van der Waals surface area contributed by atoms with Crippen LogP contribution < -0.4 is 0 Å². The lowest BCUT2D eigenvalue weighted by Crippen LogP contribution is -2.35. The molecular formula is C14H19NO3S. The van der Waals surface area contributed by atoms with Crippen LogP contribution in [0.5, 0.6) is 5.75 Å². The van der Waals surface area contributed by atoms with Crippen molar-refractivity contribution in [2.45, 2.75) is 31.1 Å². The molecular weight excluding hydrogens is 262 g/mol. The zero-order valence-corrected chi connectivity index (χ0v) is 11.9. The molecule has 1 aromatic rings. The Kier molecular flexibility index (Phi) is 3.96. The van der Waals surface area contributed by atoms with Crippen molar-refractivity contribution in [1.29, 1.82) is 0 Å². The first-order valence-corrected chi connectivity index (χ1v) is 7.86. The standard InChI is InChI=1S/C14H19NO3S/c1-11(2)12-6-7-13(16)14(10-12)19(17,18)15-8-4-3-5-9-15/h6-7,10,16H,1,3-5,8-9H2,2H3. The van der Waals surface area contributed by atoms with E-state index < -0.39 is 10.0 Å². The number of nitrogens with zero attached hydrogens (tertiary/aromatic N) is 1. The minimum Gasteiger partial charge on any atom is -0.507 e. The molecule has 1 heterocycles. The SMILES string of the molecule is C=C(C)c1ccc(O)c(S(=O)(=O)N2CCCCC2)c1. The normalized spacial score (nSPS) is 17.3. The minimum atomic E-state index is -3.61. The number of rotatable bonds is 3. The molecule has 0 saturated carbocycles. The summed E-state index contributed by atoms with van der Waals surface area (Å²) in [6.07, 6.45) is 2.81. The van der Waals surface area contributed by atoms with Crippen molar-refractivity contribution in [3.05, 3.63) is 30.3 Å². The second-order valence-electron chi connectivity index (χ2n) is 4.93. The highest BCUT2D eigenvalue weighted by atomic mass is 32.2. The third kappa shape index (κ3) is 2.82. The summed E-state index contributed by atoms with van der Waals surface area (Å²) in [6, 6.07) is 4.59. The summed E-state index contributed by atoms with van der Waals surface area (Å²) in [5.41, 5.74) is 1.50. The number of phenols is 1. The second-order valence-corrected chi connectivity index (χ2v) is 6.83. The molecule has 0 spiro atoms. The third-order valence-corrected chi connectivity index (χ3v) is 5.31. The van der Waals surface area contributed by atoms with Crippen molar-refractivity contribution in [3.8, 4) is 5.75 Å². The molecule has 2 rings (SSSR count). The van der Waals surface area contributed by atoms with E-state index in [2.05, 4.69) is 6.58 Å². The van der Waals surface area contributed by atoms with E-state index in [1.165, 1.54) is 16.4 Å². The van der Waals surface area contributed by atoms with Crippen molar-refractivity contribution in [2.24, 2.45) is 0 Å². The molecule has 19 heavy (non-hydrogen) atoms. The van der Waals surface area contributed by atoms with Gasteiger partial charge in [0, 0.05) is 13.1 Å². The number of allylic oxidation sites excluding steroid dienone is 1. The lowest BCUT2D eigenvalue weighted by Gasteiger charge is -2.26. The van der Waals surface area contributed by atoms with Gasteiger partial charge in [-0.05, 0) is 37.5 Å². The summed E-state index contributed by atoms with van der Waals surface area (Å²) in [4.78, 5) is -0.0186. The molecule has 1 N–H and O–H groups in total. The zero-order chi connectivity index (χ0) is 14.0. The molecule has 0 amide bonds. The predicted molar refractivity (Wildman–Crippen MR) is 75.4 cm³/mol. The van der Waals surface area contributed by atoms with Gasteiger partial charge in [0.15, 0.2) is 0 Å². The molecule has 1 aliphatic rings. The zero-order valence-electron chi connectivity index (χ0n) is 11.1. The maximum absolute atomic E-state index is 12.5. The average molecular weight is 281 g/mol. The number of hydrogen-bond donors (Lipinski definition) is 1. The molecule has 0 aromatic heterocycles. The van der Waals surface area contributed by atoms with Gasteiger partial charge in [-0.1, -0.05) is 24.6 Å². The molecule has 1 fully saturated rings. The fourth-order valence-electron chi connectivity index (χ4n) is 2.23. The van der Waals surface area contributed by atoms with Gasteiger partial charge >= 0.3 is 0 Å². The van der Waals surface area contributed by atoms with Gasteiger partial charge in [-0.25, -0.2) is 8.42 Å². The van der Waals surface area contributed by atoms with Gasteiger partial charge in [0.05, 0.1) is 0 Å². The van der Waals surface area contributed by atoms with Crippen LogP contribution in [-0.4, -0.2) is 30.9 Å². The fraction of sp³-hybridized carbons (Fsp3) is 0.429. The van der Waals surface area contributed by atoms with E-state index in [-0.39, 0.29) is 10.6 Å². The second kappa shape index (κ2) is 5.35. The number of aromatic hydroxyl groups is 1. The highest BCUT2D eigenvalue weighted by Gasteiger charge is 2.28. The van der Waals surface area contributed by atoms with Crippen LogP contribution in [0.4, 0.5) is 0 Å². The maximum Gasteiger partial charge on any atom is 0.246 e. The Morgan fingerprint density at radius 3 is 2.47 bits per heavy atom. The van der Waals surface area contributed by atoms with Crippen molar-refractivity contribution < 1.29 is 13.5 Å². The monoisotopic (exact) mass is 281 g/mol. The molecule has 104 valence electrons. The Labute approximate surface area is 114 Å². The van der Waals surface area contributed by atoms with Gasteiger partial charge in [-0.3, -0.25) is 0 Å². The van der Waals surface area contributed by atoms with E-state index in [1.54, 1.807) is 6.07 Å². The highest BCUT2D eigenvalue weighted by molar-refractivity contribution is 7.89. The van der Waals surface area contributed by atoms with Crippen LogP contribution >= 0.6 is 0 Å². The molecule has 0 bridgehead atoms. The number of benzene rings is 1. The molecule has 0 radical (unpaired) electrons. The van der Waals surface area contributed by atoms with Crippen molar-refractivity contribution in [1.82, 2.24) is 4.31 Å². The summed E-state index contributed by atoms with van der Waals surface area (Å²) in [5, 5.41) is 9.85. The largest absolute Gasteiger partial charge is 0.507 e. The summed E-state index contributed by atoms with van der Waals surface area (Å²) in [6.45, 7) is 6.66. The number of hydrogen-bond acceptors (Lipinski definition) is 3. The highest BCUT2D eigenvalue weighted by Crippen LogP contribution is 2.30. The van der Waals surface area contributed by atoms with Gasteiger partial charge in [-0.15, -0.1) is 0 Å². The molecule has 5 heteroatoms. The average Bonchev–Trinajstić information content (AvgIpc) is 2.39. The van der Waals surface area contributed by atoms with Crippen LogP contribution in [0, 0.1) is 0 Å². The molecule has 0 atom stereocenters. The summed E-state index contributed by atoms with van der Waals surface area (Å²) in [7, 11) is -3.61. The molecule has 1 aromatic carbocycles. The number of sulfonamides is 1. The first kappa shape index (κ1) is 14.1. The first-order chi connectivity index (χ1) is 8.93. The summed E-state index contributed by atoms with van der Waals surface area (Å²) >= 11 is 0. The lowest BCUT2D eigenvalue weighted by molar-refractivity contribution is 0.344. The molecule has 0 unspecified atom stereocenters. The van der Waals surface area contributed by atoms with E-state index in [0.29, 0.717) is 13.1 Å². The van der Waals surface area contributed by atoms with Crippen LogP contribution in [-0.2, 0) is 10.0 Å². The van der Waals surface area contributed by atoms with Crippen LogP contribution in [0.25, 0.3) is 5.57 Å². The number of phenolic OH excluding ortho intramolecular Hbond substituents is 1. The molecule has 0 aliphatic carbocycles. The van der Waals surface area contributed by atoms with E-state index in [1.807, 2.05) is 6.92 Å². The Morgan fingerprint density at radius 2 is 1.89 bits per heavy atom. The van der Waals surface area contributed by atoms with Crippen molar-refractivity contribution in [2.75, 3.05) is 13.1 Å². The quantitative estimate of drug-likeness (QED) is 0.926. The van der Waals surface area contributed by atoms with Crippen LogP contribution in [0.2, 0.25) is 0 Å². The predicted octanol–water partition coefficient (Wildman–Crippen LogP) is 2.60. The van der Waals surface area contributed by atoms with Gasteiger partial charge in [-0.2, -0.15) is 4.31 Å². The van der Waals surface area contributed by atoms with E-state index in [9.17, 15) is 13.5 Å². The van der Waals surface area contributed by atoms with Crippen molar-refractivity contribution in [3.63, 3.8) is 0 Å². The van der Waals surface area contributed by atoms with Gasteiger partial charge in [0.1, 0.15) is 10.6 Å². The Balaban J connectivity index is 2.44. The first-order valence-electron chi connectivity index (χ1n) is 6.42. The molecule has 4 nitrogen and oxygen atoms in total. The summed E-state index contributed by atoms with van der Waals surface area (Å²) < 4.78 is 26.5. The van der Waals surface area contributed by atoms with Gasteiger partial charge < -0.3 is 5.11 Å². The van der Waals surface area contributed by atoms with Gasteiger partial charge in [0.2, 0.25) is 10.0 Å². The maximum atomic E-state index is 12.5. The van der Waals surface area contributed by atoms with E-state index >= 15 is 0 Å². The number of piperidine rings is 1. The Hall–Kier alpha value is -1.33. The van der Waals surface area contributed by atoms with Crippen molar-refractivity contribution >= 4 is 15.6 Å². The molecule has 1 saturated heterocycles. The van der Waals surface area contributed by atoms with E-state index in [4.69, 9.17) is 0 Å².